The molecule has 0 aliphatic rings. The van der Waals surface area contributed by atoms with Gasteiger partial charge in [-0.25, -0.2) is 9.59 Å². The molecule has 10 heteroatoms. The molecule has 7 nitrogen and oxygen atoms in total. The third kappa shape index (κ3) is 5.96. The van der Waals surface area contributed by atoms with Crippen molar-refractivity contribution in [1.29, 1.82) is 5.26 Å². The summed E-state index contributed by atoms with van der Waals surface area (Å²) in [6.07, 6.45) is 1.15. The summed E-state index contributed by atoms with van der Waals surface area (Å²) >= 11 is 6.15. The summed E-state index contributed by atoms with van der Waals surface area (Å²) in [6.45, 7) is 5.23. The first-order chi connectivity index (χ1) is 15.1. The van der Waals surface area contributed by atoms with Crippen LogP contribution in [0.1, 0.15) is 49.9 Å². The fourth-order valence-electron chi connectivity index (χ4n) is 2.81. The van der Waals surface area contributed by atoms with E-state index in [4.69, 9.17) is 9.47 Å². The van der Waals surface area contributed by atoms with Gasteiger partial charge in [-0.2, -0.15) is 5.26 Å². The molecule has 32 heavy (non-hydrogen) atoms. The fourth-order valence-corrected chi connectivity index (χ4v) is 5.50. The molecule has 2 rings (SSSR count). The predicted octanol–water partition coefficient (Wildman–Crippen LogP) is 5.20. The maximum absolute atomic E-state index is 12.9. The van der Waals surface area contributed by atoms with Gasteiger partial charge in [0.1, 0.15) is 16.7 Å². The summed E-state index contributed by atoms with van der Waals surface area (Å²) in [5.74, 6) is -1.68. The second kappa shape index (κ2) is 11.6. The molecular weight excluding hydrogens is 613 g/mol. The molecule has 0 radical (unpaired) electrons. The van der Waals surface area contributed by atoms with Crippen molar-refractivity contribution >= 4 is 73.7 Å². The molecule has 168 valence electrons. The lowest BCUT2D eigenvalue weighted by molar-refractivity contribution is -0.114. The van der Waals surface area contributed by atoms with Crippen molar-refractivity contribution in [2.24, 2.45) is 0 Å². The van der Waals surface area contributed by atoms with Crippen LogP contribution in [0.5, 0.6) is 5.75 Å². The van der Waals surface area contributed by atoms with Gasteiger partial charge in [0.2, 0.25) is 0 Å². The van der Waals surface area contributed by atoms with Crippen LogP contribution in [-0.2, 0) is 20.7 Å². The number of ketones is 1. The van der Waals surface area contributed by atoms with Crippen LogP contribution in [0.2, 0.25) is 0 Å². The number of Topliss-reactive ketones (excluding diaryl/α,β-unsaturated/α-hetero) is 1. The maximum Gasteiger partial charge on any atom is 0.348 e. The lowest BCUT2D eigenvalue weighted by atomic mass is 10.0. The molecule has 0 amide bonds. The van der Waals surface area contributed by atoms with Crippen molar-refractivity contribution in [3.05, 3.63) is 52.2 Å². The lowest BCUT2D eigenvalue weighted by Crippen LogP contribution is -2.12. The molecule has 0 atom stereocenters. The number of hydrogen-bond donors (Lipinski definition) is 1. The summed E-state index contributed by atoms with van der Waals surface area (Å²) in [5, 5.41) is 19.4. The zero-order valence-corrected chi connectivity index (χ0v) is 22.0. The predicted molar refractivity (Wildman–Crippen MR) is 132 cm³/mol. The van der Waals surface area contributed by atoms with Gasteiger partial charge in [0.05, 0.1) is 32.4 Å². The fraction of sp³-hybridized carbons (Fsp3) is 0.273. The largest absolute Gasteiger partial charge is 0.506 e. The molecule has 0 bridgehead atoms. The molecule has 2 aromatic rings. The van der Waals surface area contributed by atoms with Crippen LogP contribution in [0, 0.1) is 21.8 Å². The molecule has 0 unspecified atom stereocenters. The molecule has 1 heterocycles. The Balaban J connectivity index is 2.46. The van der Waals surface area contributed by atoms with Crippen LogP contribution >= 0.6 is 49.9 Å². The van der Waals surface area contributed by atoms with E-state index in [1.54, 1.807) is 32.9 Å². The van der Waals surface area contributed by atoms with Gasteiger partial charge in [-0.1, -0.05) is 0 Å². The van der Waals surface area contributed by atoms with E-state index in [0.717, 1.165) is 11.3 Å². The number of phenolic OH excluding ortho intramolecular Hbond substituents is 1. The number of esters is 2. The highest BCUT2D eigenvalue weighted by atomic mass is 127. The van der Waals surface area contributed by atoms with Crippen LogP contribution in [0.15, 0.2) is 22.2 Å². The Morgan fingerprint density at radius 1 is 1.22 bits per heavy atom. The zero-order chi connectivity index (χ0) is 24.0. The Bertz CT molecular complexity index is 1130. The van der Waals surface area contributed by atoms with Gasteiger partial charge in [0.15, 0.2) is 5.78 Å². The summed E-state index contributed by atoms with van der Waals surface area (Å²) in [7, 11) is 0. The summed E-state index contributed by atoms with van der Waals surface area (Å²) < 4.78 is 11.1. The average molecular weight is 632 g/mol. The van der Waals surface area contributed by atoms with Crippen LogP contribution in [0.4, 0.5) is 0 Å². The van der Waals surface area contributed by atoms with Gasteiger partial charge in [-0.05, 0) is 88.6 Å². The number of nitrogens with zero attached hydrogens (tertiary/aromatic N) is 1. The normalized spacial score (nSPS) is 11.1. The number of nitriles is 1. The van der Waals surface area contributed by atoms with E-state index in [1.165, 1.54) is 6.08 Å². The van der Waals surface area contributed by atoms with Crippen molar-refractivity contribution in [3.8, 4) is 11.8 Å². The number of ether oxygens (including phenoxy) is 2. The average Bonchev–Trinajstić information content (AvgIpc) is 3.06. The topological polar surface area (TPSA) is 114 Å². The summed E-state index contributed by atoms with van der Waals surface area (Å²) in [6, 6.07) is 5.10. The van der Waals surface area contributed by atoms with E-state index in [1.807, 2.05) is 28.7 Å². The van der Waals surface area contributed by atoms with Gasteiger partial charge < -0.3 is 14.6 Å². The molecule has 0 saturated heterocycles. The Labute approximate surface area is 211 Å². The number of phenols is 1. The summed E-state index contributed by atoms with van der Waals surface area (Å²) in [5.41, 5.74) is 0.947. The van der Waals surface area contributed by atoms with Gasteiger partial charge >= 0.3 is 11.9 Å². The highest BCUT2D eigenvalue weighted by molar-refractivity contribution is 14.1. The first-order valence-electron chi connectivity index (χ1n) is 9.43. The monoisotopic (exact) mass is 631 g/mol. The molecule has 1 aromatic heterocycles. The number of rotatable bonds is 8. The van der Waals surface area contributed by atoms with E-state index >= 15 is 0 Å². The molecular formula is C22H19BrINO6S. The molecule has 1 aromatic carbocycles. The number of allylic oxidation sites excluding steroid dienone is 1. The Kier molecular flexibility index (Phi) is 9.42. The Morgan fingerprint density at radius 2 is 1.84 bits per heavy atom. The molecule has 1 N–H and O–H groups in total. The lowest BCUT2D eigenvalue weighted by Gasteiger charge is -2.06. The highest BCUT2D eigenvalue weighted by Crippen LogP contribution is 2.33. The second-order valence-electron chi connectivity index (χ2n) is 6.40. The van der Waals surface area contributed by atoms with Gasteiger partial charge in [0, 0.05) is 11.3 Å². The minimum Gasteiger partial charge on any atom is -0.506 e. The molecule has 0 fully saturated rings. The minimum absolute atomic E-state index is 0.0622. The smallest absolute Gasteiger partial charge is 0.348 e. The number of halogens is 2. The van der Waals surface area contributed by atoms with E-state index in [-0.39, 0.29) is 41.4 Å². The third-order valence-corrected chi connectivity index (χ3v) is 6.95. The Hall–Kier alpha value is -2.23. The van der Waals surface area contributed by atoms with Crippen molar-refractivity contribution in [2.75, 3.05) is 13.2 Å². The zero-order valence-electron chi connectivity index (χ0n) is 17.5. The van der Waals surface area contributed by atoms with E-state index in [9.17, 15) is 24.8 Å². The Morgan fingerprint density at radius 3 is 2.41 bits per heavy atom. The minimum atomic E-state index is -0.640. The summed E-state index contributed by atoms with van der Waals surface area (Å²) in [4.78, 5) is 38.3. The highest BCUT2D eigenvalue weighted by Gasteiger charge is 2.28. The van der Waals surface area contributed by atoms with Crippen LogP contribution < -0.4 is 0 Å². The van der Waals surface area contributed by atoms with E-state index in [0.29, 0.717) is 24.0 Å². The number of carbonyl (C=O) groups excluding carboxylic acids is 3. The number of aromatic hydroxyl groups is 1. The first kappa shape index (κ1) is 26.0. The standard InChI is InChI=1S/C22H19BrINO6S/c1-4-30-21(28)18-11(3)20(22(29)31-5-2)32-17(18)9-16(26)13(10-25)6-12-7-14(23)19(27)15(24)8-12/h6-8,27H,4-5,9H2,1-3H3. The SMILES string of the molecule is CCOC(=O)c1sc(CC(=O)C(C#N)=Cc2cc(Br)c(O)c(I)c2)c(C(=O)OCC)c1C. The van der Waals surface area contributed by atoms with Crippen LogP contribution in [0.3, 0.4) is 0 Å². The van der Waals surface area contributed by atoms with Crippen molar-refractivity contribution in [3.63, 3.8) is 0 Å². The number of carbonyl (C=O) groups is 3. The van der Waals surface area contributed by atoms with Gasteiger partial charge in [-0.3, -0.25) is 4.79 Å². The quantitative estimate of drug-likeness (QED) is 0.184. The van der Waals surface area contributed by atoms with E-state index < -0.39 is 17.7 Å². The van der Waals surface area contributed by atoms with Crippen molar-refractivity contribution < 1.29 is 29.0 Å². The van der Waals surface area contributed by atoms with E-state index in [2.05, 4.69) is 15.9 Å². The van der Waals surface area contributed by atoms with Crippen LogP contribution in [0.25, 0.3) is 6.08 Å². The van der Waals surface area contributed by atoms with Gasteiger partial charge in [-0.15, -0.1) is 11.3 Å². The molecule has 0 spiro atoms. The van der Waals surface area contributed by atoms with Crippen molar-refractivity contribution in [1.82, 2.24) is 0 Å². The molecule has 0 aliphatic carbocycles. The number of hydrogen-bond acceptors (Lipinski definition) is 8. The first-order valence-corrected chi connectivity index (χ1v) is 12.1. The maximum atomic E-state index is 12.9. The van der Waals surface area contributed by atoms with Crippen molar-refractivity contribution in [2.45, 2.75) is 27.2 Å². The number of thiophene rings is 1. The second-order valence-corrected chi connectivity index (χ2v) is 9.52. The third-order valence-electron chi connectivity index (χ3n) is 4.25. The molecule has 0 aliphatic heterocycles. The van der Waals surface area contributed by atoms with Crippen LogP contribution in [-0.4, -0.2) is 36.0 Å². The molecule has 0 saturated carbocycles. The number of benzene rings is 1. The van der Waals surface area contributed by atoms with Gasteiger partial charge in [0.25, 0.3) is 0 Å².